The third kappa shape index (κ3) is 3.77. The summed E-state index contributed by atoms with van der Waals surface area (Å²) in [5.74, 6) is 1.28. The van der Waals surface area contributed by atoms with E-state index in [0.29, 0.717) is 23.2 Å². The summed E-state index contributed by atoms with van der Waals surface area (Å²) in [5, 5.41) is 2.74. The van der Waals surface area contributed by atoms with Crippen molar-refractivity contribution in [1.29, 1.82) is 0 Å². The van der Waals surface area contributed by atoms with E-state index in [4.69, 9.17) is 20.9 Å². The Morgan fingerprint density at radius 3 is 2.71 bits per heavy atom. The predicted molar refractivity (Wildman–Crippen MR) is 88.4 cm³/mol. The number of hydrogen-bond donors (Lipinski definition) is 3. The molecule has 0 saturated carbocycles. The summed E-state index contributed by atoms with van der Waals surface area (Å²) in [4.78, 5) is 23.8. The topological polar surface area (TPSA) is 138 Å². The van der Waals surface area contributed by atoms with Gasteiger partial charge in [-0.3, -0.25) is 4.79 Å². The van der Waals surface area contributed by atoms with Gasteiger partial charge in [0.2, 0.25) is 24.6 Å². The fraction of sp³-hybridized carbons (Fsp3) is 0.286. The molecule has 2 aromatic rings. The summed E-state index contributed by atoms with van der Waals surface area (Å²) in [7, 11) is 0. The Morgan fingerprint density at radius 1 is 1.25 bits per heavy atom. The molecule has 1 amide bonds. The standard InChI is InChI=1S/C14H16N6O3S/c1-7(24-14-19-12(15)18-13(16)20-14)11(21)17-5-8-2-3-9-10(4-8)23-6-22-9/h2-4,7H,5-6H2,1H3,(H,17,21)(H4,15,16,18,19,20). The molecule has 24 heavy (non-hydrogen) atoms. The smallest absolute Gasteiger partial charge is 0.233 e. The molecule has 2 heterocycles. The first-order valence-electron chi connectivity index (χ1n) is 7.11. The van der Waals surface area contributed by atoms with Crippen LogP contribution in [-0.4, -0.2) is 32.9 Å². The molecule has 0 radical (unpaired) electrons. The maximum Gasteiger partial charge on any atom is 0.233 e. The Labute approximate surface area is 142 Å². The van der Waals surface area contributed by atoms with E-state index >= 15 is 0 Å². The van der Waals surface area contributed by atoms with Gasteiger partial charge >= 0.3 is 0 Å². The highest BCUT2D eigenvalue weighted by atomic mass is 32.2. The Morgan fingerprint density at radius 2 is 1.96 bits per heavy atom. The van der Waals surface area contributed by atoms with Crippen LogP contribution in [0.2, 0.25) is 0 Å². The highest BCUT2D eigenvalue weighted by Gasteiger charge is 2.18. The number of thioether (sulfide) groups is 1. The number of fused-ring (bicyclic) bond motifs is 1. The van der Waals surface area contributed by atoms with E-state index in [1.54, 1.807) is 6.92 Å². The van der Waals surface area contributed by atoms with Crippen molar-refractivity contribution in [3.8, 4) is 11.5 Å². The molecule has 5 N–H and O–H groups in total. The van der Waals surface area contributed by atoms with Crippen LogP contribution in [0.4, 0.5) is 11.9 Å². The van der Waals surface area contributed by atoms with Gasteiger partial charge < -0.3 is 26.3 Å². The van der Waals surface area contributed by atoms with Crippen LogP contribution in [0.15, 0.2) is 23.4 Å². The zero-order chi connectivity index (χ0) is 17.1. The lowest BCUT2D eigenvalue weighted by atomic mass is 10.2. The molecule has 1 atom stereocenters. The first-order chi connectivity index (χ1) is 11.5. The van der Waals surface area contributed by atoms with Gasteiger partial charge in [0.15, 0.2) is 16.7 Å². The second kappa shape index (κ2) is 6.79. The fourth-order valence-corrected chi connectivity index (χ4v) is 2.84. The quantitative estimate of drug-likeness (QED) is 0.661. The first-order valence-corrected chi connectivity index (χ1v) is 7.99. The minimum atomic E-state index is -0.416. The Bertz CT molecular complexity index is 752. The normalized spacial score (nSPS) is 13.5. The van der Waals surface area contributed by atoms with E-state index in [9.17, 15) is 4.79 Å². The van der Waals surface area contributed by atoms with Crippen molar-refractivity contribution in [2.45, 2.75) is 23.9 Å². The molecule has 126 valence electrons. The zero-order valence-electron chi connectivity index (χ0n) is 12.9. The SMILES string of the molecule is CC(Sc1nc(N)nc(N)n1)C(=O)NCc1ccc2c(c1)OCO2. The third-order valence-electron chi connectivity index (χ3n) is 3.20. The van der Waals surface area contributed by atoms with Crippen molar-refractivity contribution in [3.63, 3.8) is 0 Å². The van der Waals surface area contributed by atoms with Crippen molar-refractivity contribution in [2.75, 3.05) is 18.3 Å². The lowest BCUT2D eigenvalue weighted by molar-refractivity contribution is -0.120. The van der Waals surface area contributed by atoms with Gasteiger partial charge in [0.1, 0.15) is 0 Å². The van der Waals surface area contributed by atoms with Crippen LogP contribution in [0.3, 0.4) is 0 Å². The van der Waals surface area contributed by atoms with Crippen molar-refractivity contribution in [1.82, 2.24) is 20.3 Å². The Balaban J connectivity index is 1.56. The van der Waals surface area contributed by atoms with Crippen LogP contribution in [0.5, 0.6) is 11.5 Å². The molecular weight excluding hydrogens is 332 g/mol. The number of nitrogen functional groups attached to an aromatic ring is 2. The van der Waals surface area contributed by atoms with E-state index in [-0.39, 0.29) is 24.6 Å². The predicted octanol–water partition coefficient (Wildman–Crippen LogP) is 0.562. The molecule has 1 aliphatic heterocycles. The maximum absolute atomic E-state index is 12.2. The number of aromatic nitrogens is 3. The van der Waals surface area contributed by atoms with Crippen molar-refractivity contribution >= 4 is 29.6 Å². The summed E-state index contributed by atoms with van der Waals surface area (Å²) in [5.41, 5.74) is 11.9. The molecule has 10 heteroatoms. The number of hydrogen-bond acceptors (Lipinski definition) is 9. The first kappa shape index (κ1) is 16.1. The molecule has 1 unspecified atom stereocenters. The second-order valence-electron chi connectivity index (χ2n) is 5.00. The lowest BCUT2D eigenvalue weighted by Crippen LogP contribution is -2.30. The minimum absolute atomic E-state index is 0.0259. The summed E-state index contributed by atoms with van der Waals surface area (Å²) in [6, 6.07) is 5.53. The van der Waals surface area contributed by atoms with E-state index in [0.717, 1.165) is 17.3 Å². The third-order valence-corrected chi connectivity index (χ3v) is 4.17. The molecule has 1 aromatic carbocycles. The van der Waals surface area contributed by atoms with Crippen LogP contribution in [0, 0.1) is 0 Å². The molecule has 0 fully saturated rings. The van der Waals surface area contributed by atoms with Gasteiger partial charge in [-0.1, -0.05) is 17.8 Å². The van der Waals surface area contributed by atoms with Gasteiger partial charge in [-0.2, -0.15) is 15.0 Å². The summed E-state index contributed by atoms with van der Waals surface area (Å²) >= 11 is 1.16. The highest BCUT2D eigenvalue weighted by Crippen LogP contribution is 2.32. The van der Waals surface area contributed by atoms with Crippen LogP contribution in [-0.2, 0) is 11.3 Å². The van der Waals surface area contributed by atoms with Crippen LogP contribution >= 0.6 is 11.8 Å². The Kier molecular flexibility index (Phi) is 4.56. The second-order valence-corrected chi connectivity index (χ2v) is 6.31. The molecule has 1 aromatic heterocycles. The number of benzene rings is 1. The monoisotopic (exact) mass is 348 g/mol. The molecule has 0 aliphatic carbocycles. The van der Waals surface area contributed by atoms with E-state index in [2.05, 4.69) is 20.3 Å². The molecule has 3 rings (SSSR count). The van der Waals surface area contributed by atoms with E-state index in [1.165, 1.54) is 0 Å². The number of nitrogens with one attached hydrogen (secondary N) is 1. The fourth-order valence-electron chi connectivity index (χ4n) is 2.04. The van der Waals surface area contributed by atoms with Gasteiger partial charge in [0, 0.05) is 6.54 Å². The van der Waals surface area contributed by atoms with E-state index in [1.807, 2.05) is 18.2 Å². The number of nitrogens with zero attached hydrogens (tertiary/aromatic N) is 3. The molecule has 9 nitrogen and oxygen atoms in total. The number of nitrogens with two attached hydrogens (primary N) is 2. The highest BCUT2D eigenvalue weighted by molar-refractivity contribution is 8.00. The molecule has 0 saturated heterocycles. The van der Waals surface area contributed by atoms with E-state index < -0.39 is 5.25 Å². The van der Waals surface area contributed by atoms with Crippen molar-refractivity contribution in [3.05, 3.63) is 23.8 Å². The summed E-state index contributed by atoms with van der Waals surface area (Å²) in [6.45, 7) is 2.34. The number of anilines is 2. The van der Waals surface area contributed by atoms with Crippen LogP contribution in [0.25, 0.3) is 0 Å². The summed E-state index contributed by atoms with van der Waals surface area (Å²) in [6.07, 6.45) is 0. The van der Waals surface area contributed by atoms with Gasteiger partial charge in [0.05, 0.1) is 5.25 Å². The average Bonchev–Trinajstić information content (AvgIpc) is 2.99. The molecule has 0 spiro atoms. The minimum Gasteiger partial charge on any atom is -0.454 e. The van der Waals surface area contributed by atoms with Crippen LogP contribution < -0.4 is 26.3 Å². The zero-order valence-corrected chi connectivity index (χ0v) is 13.7. The number of amides is 1. The molecule has 0 bridgehead atoms. The maximum atomic E-state index is 12.2. The number of carbonyl (C=O) groups is 1. The number of ether oxygens (including phenoxy) is 2. The van der Waals surface area contributed by atoms with Gasteiger partial charge in [-0.05, 0) is 24.6 Å². The number of carbonyl (C=O) groups excluding carboxylic acids is 1. The van der Waals surface area contributed by atoms with Gasteiger partial charge in [-0.25, -0.2) is 0 Å². The van der Waals surface area contributed by atoms with Crippen molar-refractivity contribution in [2.24, 2.45) is 0 Å². The van der Waals surface area contributed by atoms with Crippen LogP contribution in [0.1, 0.15) is 12.5 Å². The largest absolute Gasteiger partial charge is 0.454 e. The lowest BCUT2D eigenvalue weighted by Gasteiger charge is -2.11. The van der Waals surface area contributed by atoms with Gasteiger partial charge in [0.25, 0.3) is 0 Å². The molecular formula is C14H16N6O3S. The average molecular weight is 348 g/mol. The number of rotatable bonds is 5. The molecule has 1 aliphatic rings. The van der Waals surface area contributed by atoms with Crippen molar-refractivity contribution < 1.29 is 14.3 Å². The van der Waals surface area contributed by atoms with Gasteiger partial charge in [-0.15, -0.1) is 0 Å². The Hall–Kier alpha value is -2.75. The summed E-state index contributed by atoms with van der Waals surface area (Å²) < 4.78 is 10.6.